The van der Waals surface area contributed by atoms with Crippen molar-refractivity contribution in [3.05, 3.63) is 29.8 Å². The van der Waals surface area contributed by atoms with Gasteiger partial charge in [-0.3, -0.25) is 9.59 Å². The van der Waals surface area contributed by atoms with Gasteiger partial charge < -0.3 is 10.4 Å². The van der Waals surface area contributed by atoms with Crippen LogP contribution in [-0.2, 0) is 14.4 Å². The van der Waals surface area contributed by atoms with Crippen LogP contribution >= 0.6 is 0 Å². The normalized spacial score (nSPS) is 14.6. The molecule has 7 heteroatoms. The highest BCUT2D eigenvalue weighted by Gasteiger charge is 2.25. The lowest BCUT2D eigenvalue weighted by Crippen LogP contribution is -2.39. The van der Waals surface area contributed by atoms with E-state index < -0.39 is 11.9 Å². The summed E-state index contributed by atoms with van der Waals surface area (Å²) in [6.45, 7) is 1.59. The van der Waals surface area contributed by atoms with E-state index in [4.69, 9.17) is 5.11 Å². The molecule has 0 aromatic heterocycles. The number of carbonyl (C=O) groups excluding carboxylic acids is 2. The fourth-order valence-electron chi connectivity index (χ4n) is 1.94. The summed E-state index contributed by atoms with van der Waals surface area (Å²) in [6.07, 6.45) is 0.132. The molecule has 0 fully saturated rings. The van der Waals surface area contributed by atoms with E-state index in [0.717, 1.165) is 10.6 Å². The maximum Gasteiger partial charge on any atom is 0.352 e. The Morgan fingerprint density at radius 1 is 1.38 bits per heavy atom. The minimum Gasteiger partial charge on any atom is -0.477 e. The van der Waals surface area contributed by atoms with Crippen molar-refractivity contribution in [3.8, 4) is 0 Å². The first-order chi connectivity index (χ1) is 9.95. The van der Waals surface area contributed by atoms with E-state index in [9.17, 15) is 14.4 Å². The number of hydrogen-bond acceptors (Lipinski definition) is 4. The number of amides is 2. The molecule has 1 aliphatic rings. The summed E-state index contributed by atoms with van der Waals surface area (Å²) < 4.78 is 0. The van der Waals surface area contributed by atoms with Crippen molar-refractivity contribution in [2.75, 3.05) is 11.9 Å². The van der Waals surface area contributed by atoms with E-state index in [1.54, 1.807) is 18.2 Å². The number of carboxylic acid groups (broad SMARTS) is 1. The quantitative estimate of drug-likeness (QED) is 0.863. The lowest BCUT2D eigenvalue weighted by Gasteiger charge is -2.21. The SMILES string of the molecule is Cc1cccc(NC(=O)CN2N=C(C(=O)O)CCC2=O)c1. The topological polar surface area (TPSA) is 99.1 Å². The lowest BCUT2D eigenvalue weighted by molar-refractivity contribution is -0.136. The van der Waals surface area contributed by atoms with E-state index in [2.05, 4.69) is 10.4 Å². The number of hydrazone groups is 1. The van der Waals surface area contributed by atoms with E-state index in [1.165, 1.54) is 0 Å². The van der Waals surface area contributed by atoms with Gasteiger partial charge in [0.25, 0.3) is 0 Å². The van der Waals surface area contributed by atoms with E-state index in [1.807, 2.05) is 13.0 Å². The molecule has 0 saturated carbocycles. The van der Waals surface area contributed by atoms with Gasteiger partial charge in [0.15, 0.2) is 0 Å². The van der Waals surface area contributed by atoms with Gasteiger partial charge in [0.1, 0.15) is 12.3 Å². The Kier molecular flexibility index (Phi) is 4.32. The molecule has 1 aliphatic heterocycles. The summed E-state index contributed by atoms with van der Waals surface area (Å²) in [5.74, 6) is -1.96. The number of hydrogen-bond donors (Lipinski definition) is 2. The third kappa shape index (κ3) is 3.88. The van der Waals surface area contributed by atoms with Crippen molar-refractivity contribution in [1.82, 2.24) is 5.01 Å². The molecule has 0 atom stereocenters. The maximum absolute atomic E-state index is 11.9. The van der Waals surface area contributed by atoms with Crippen molar-refractivity contribution in [3.63, 3.8) is 0 Å². The highest BCUT2D eigenvalue weighted by atomic mass is 16.4. The van der Waals surface area contributed by atoms with Crippen LogP contribution in [0.2, 0.25) is 0 Å². The lowest BCUT2D eigenvalue weighted by atomic mass is 10.1. The third-order valence-electron chi connectivity index (χ3n) is 2.95. The number of rotatable bonds is 4. The fraction of sp³-hybridized carbons (Fsp3) is 0.286. The molecule has 0 spiro atoms. The molecule has 0 bridgehead atoms. The van der Waals surface area contributed by atoms with Crippen LogP contribution in [0.1, 0.15) is 18.4 Å². The number of nitrogens with one attached hydrogen (secondary N) is 1. The number of aryl methyl sites for hydroxylation is 1. The average molecular weight is 289 g/mol. The Morgan fingerprint density at radius 2 is 2.14 bits per heavy atom. The number of anilines is 1. The van der Waals surface area contributed by atoms with Crippen molar-refractivity contribution in [2.45, 2.75) is 19.8 Å². The monoisotopic (exact) mass is 289 g/mol. The van der Waals surface area contributed by atoms with E-state index in [0.29, 0.717) is 5.69 Å². The molecule has 1 heterocycles. The molecule has 0 radical (unpaired) electrons. The van der Waals surface area contributed by atoms with Crippen LogP contribution in [-0.4, -0.2) is 40.2 Å². The molecule has 2 amide bonds. The average Bonchev–Trinajstić information content (AvgIpc) is 2.41. The minimum absolute atomic E-state index is 0.0445. The maximum atomic E-state index is 11.9. The zero-order chi connectivity index (χ0) is 15.4. The Bertz CT molecular complexity index is 624. The molecule has 1 aromatic rings. The van der Waals surface area contributed by atoms with Crippen LogP contribution in [0.15, 0.2) is 29.4 Å². The minimum atomic E-state index is -1.17. The number of benzene rings is 1. The molecule has 0 aliphatic carbocycles. The Morgan fingerprint density at radius 3 is 2.81 bits per heavy atom. The largest absolute Gasteiger partial charge is 0.477 e. The van der Waals surface area contributed by atoms with Gasteiger partial charge in [0.05, 0.1) is 0 Å². The second-order valence-electron chi connectivity index (χ2n) is 4.72. The fourth-order valence-corrected chi connectivity index (χ4v) is 1.94. The van der Waals surface area contributed by atoms with Crippen LogP contribution in [0.25, 0.3) is 0 Å². The molecular formula is C14H15N3O4. The highest BCUT2D eigenvalue weighted by Crippen LogP contribution is 2.12. The van der Waals surface area contributed by atoms with Crippen LogP contribution in [0.3, 0.4) is 0 Å². The summed E-state index contributed by atoms with van der Waals surface area (Å²) in [4.78, 5) is 34.4. The molecule has 7 nitrogen and oxygen atoms in total. The van der Waals surface area contributed by atoms with Gasteiger partial charge in [-0.15, -0.1) is 0 Å². The van der Waals surface area contributed by atoms with Gasteiger partial charge >= 0.3 is 5.97 Å². The van der Waals surface area contributed by atoms with Gasteiger partial charge in [-0.05, 0) is 24.6 Å². The molecule has 2 N–H and O–H groups in total. The summed E-state index contributed by atoms with van der Waals surface area (Å²) >= 11 is 0. The zero-order valence-electron chi connectivity index (χ0n) is 11.5. The van der Waals surface area contributed by atoms with E-state index in [-0.39, 0.29) is 31.0 Å². The number of carboxylic acids is 1. The zero-order valence-corrected chi connectivity index (χ0v) is 11.5. The van der Waals surface area contributed by atoms with Crippen molar-refractivity contribution in [1.29, 1.82) is 0 Å². The third-order valence-corrected chi connectivity index (χ3v) is 2.95. The molecule has 0 saturated heterocycles. The van der Waals surface area contributed by atoms with Crippen LogP contribution in [0.4, 0.5) is 5.69 Å². The Labute approximate surface area is 121 Å². The summed E-state index contributed by atoms with van der Waals surface area (Å²) in [6, 6.07) is 7.22. The first-order valence-corrected chi connectivity index (χ1v) is 6.43. The smallest absolute Gasteiger partial charge is 0.352 e. The van der Waals surface area contributed by atoms with Crippen molar-refractivity contribution >= 4 is 29.2 Å². The predicted molar refractivity (Wildman–Crippen MR) is 75.8 cm³/mol. The van der Waals surface area contributed by atoms with Crippen LogP contribution in [0, 0.1) is 6.92 Å². The predicted octanol–water partition coefficient (Wildman–Crippen LogP) is 0.997. The molecule has 1 aromatic carbocycles. The summed E-state index contributed by atoms with van der Waals surface area (Å²) in [5.41, 5.74) is 1.50. The molecule has 0 unspecified atom stereocenters. The van der Waals surface area contributed by atoms with Crippen LogP contribution in [0.5, 0.6) is 0 Å². The number of nitrogens with zero attached hydrogens (tertiary/aromatic N) is 2. The van der Waals surface area contributed by atoms with Crippen molar-refractivity contribution in [2.24, 2.45) is 5.10 Å². The second kappa shape index (κ2) is 6.17. The Hall–Kier alpha value is -2.70. The van der Waals surface area contributed by atoms with Gasteiger partial charge in [0.2, 0.25) is 11.8 Å². The molecule has 2 rings (SSSR count). The molecule has 21 heavy (non-hydrogen) atoms. The summed E-state index contributed by atoms with van der Waals surface area (Å²) in [7, 11) is 0. The highest BCUT2D eigenvalue weighted by molar-refractivity contribution is 6.36. The van der Waals surface area contributed by atoms with Crippen molar-refractivity contribution < 1.29 is 19.5 Å². The van der Waals surface area contributed by atoms with Gasteiger partial charge in [-0.25, -0.2) is 9.80 Å². The summed E-state index contributed by atoms with van der Waals surface area (Å²) in [5, 5.41) is 16.1. The number of aliphatic carboxylic acids is 1. The number of carbonyl (C=O) groups is 3. The van der Waals surface area contributed by atoms with Crippen LogP contribution < -0.4 is 5.32 Å². The first kappa shape index (κ1) is 14.7. The standard InChI is InChI=1S/C14H15N3O4/c1-9-3-2-4-10(7-9)15-12(18)8-17-13(19)6-5-11(16-17)14(20)21/h2-4,7H,5-6,8H2,1H3,(H,15,18)(H,20,21). The van der Waals surface area contributed by atoms with Gasteiger partial charge in [-0.1, -0.05) is 12.1 Å². The van der Waals surface area contributed by atoms with Gasteiger partial charge in [0, 0.05) is 18.5 Å². The first-order valence-electron chi connectivity index (χ1n) is 6.43. The molecule has 110 valence electrons. The van der Waals surface area contributed by atoms with E-state index >= 15 is 0 Å². The Balaban J connectivity index is 2.03. The van der Waals surface area contributed by atoms with Gasteiger partial charge in [-0.2, -0.15) is 5.10 Å². The second-order valence-corrected chi connectivity index (χ2v) is 4.72. The molecular weight excluding hydrogens is 274 g/mol.